The van der Waals surface area contributed by atoms with E-state index in [4.69, 9.17) is 0 Å². The molecule has 1 saturated carbocycles. The standard InChI is InChI=1S/C16H34N4O2S/c1-5-23(21,22)19-12-6-11-18-16(17-3)20(4)13-15-9-7-14(2)8-10-15/h14-15,19H,5-13H2,1-4H3,(H,17,18). The normalized spacial score (nSPS) is 22.9. The van der Waals surface area contributed by atoms with Crippen molar-refractivity contribution in [3.05, 3.63) is 0 Å². The maximum atomic E-state index is 11.3. The number of hydrogen-bond acceptors (Lipinski definition) is 3. The van der Waals surface area contributed by atoms with E-state index in [1.54, 1.807) is 14.0 Å². The Hall–Kier alpha value is -0.820. The minimum absolute atomic E-state index is 0.130. The molecule has 1 rings (SSSR count). The van der Waals surface area contributed by atoms with Crippen LogP contribution in [-0.2, 0) is 10.0 Å². The van der Waals surface area contributed by atoms with Gasteiger partial charge in [-0.15, -0.1) is 0 Å². The monoisotopic (exact) mass is 346 g/mol. The first-order valence-electron chi connectivity index (χ1n) is 8.77. The van der Waals surface area contributed by atoms with Gasteiger partial charge in [-0.05, 0) is 38.0 Å². The van der Waals surface area contributed by atoms with Gasteiger partial charge >= 0.3 is 0 Å². The van der Waals surface area contributed by atoms with Crippen LogP contribution in [0, 0.1) is 11.8 Å². The fourth-order valence-corrected chi connectivity index (χ4v) is 3.65. The number of hydrogen-bond donors (Lipinski definition) is 2. The van der Waals surface area contributed by atoms with Crippen molar-refractivity contribution in [1.29, 1.82) is 0 Å². The third-order valence-electron chi connectivity index (χ3n) is 4.58. The molecule has 6 nitrogen and oxygen atoms in total. The summed E-state index contributed by atoms with van der Waals surface area (Å²) in [5, 5.41) is 3.31. The van der Waals surface area contributed by atoms with Gasteiger partial charge in [-0.1, -0.05) is 19.8 Å². The molecular weight excluding hydrogens is 312 g/mol. The lowest BCUT2D eigenvalue weighted by Crippen LogP contribution is -2.42. The molecule has 23 heavy (non-hydrogen) atoms. The molecule has 0 aliphatic heterocycles. The Morgan fingerprint density at radius 1 is 1.22 bits per heavy atom. The van der Waals surface area contributed by atoms with Gasteiger partial charge in [0.25, 0.3) is 0 Å². The van der Waals surface area contributed by atoms with Crippen LogP contribution in [0.1, 0.15) is 46.0 Å². The largest absolute Gasteiger partial charge is 0.356 e. The Morgan fingerprint density at radius 3 is 2.43 bits per heavy atom. The highest BCUT2D eigenvalue weighted by Gasteiger charge is 2.20. The number of aliphatic imine (C=N–C) groups is 1. The molecule has 0 unspecified atom stereocenters. The SMILES string of the molecule is CCS(=O)(=O)NCCCNC(=NC)N(C)CC1CCC(C)CC1. The van der Waals surface area contributed by atoms with E-state index in [9.17, 15) is 8.42 Å². The van der Waals surface area contributed by atoms with Crippen molar-refractivity contribution in [1.82, 2.24) is 14.9 Å². The predicted molar refractivity (Wildman–Crippen MR) is 97.2 cm³/mol. The summed E-state index contributed by atoms with van der Waals surface area (Å²) >= 11 is 0. The van der Waals surface area contributed by atoms with Crippen molar-refractivity contribution < 1.29 is 8.42 Å². The van der Waals surface area contributed by atoms with Crippen LogP contribution in [0.3, 0.4) is 0 Å². The number of nitrogens with zero attached hydrogens (tertiary/aromatic N) is 2. The summed E-state index contributed by atoms with van der Waals surface area (Å²) < 4.78 is 25.3. The molecule has 0 bridgehead atoms. The molecule has 0 radical (unpaired) electrons. The summed E-state index contributed by atoms with van der Waals surface area (Å²) in [6.07, 6.45) is 6.03. The first-order valence-corrected chi connectivity index (χ1v) is 10.4. The molecule has 0 heterocycles. The molecule has 1 aliphatic rings. The van der Waals surface area contributed by atoms with E-state index in [2.05, 4.69) is 33.9 Å². The average Bonchev–Trinajstić information content (AvgIpc) is 2.53. The lowest BCUT2D eigenvalue weighted by atomic mass is 9.83. The Labute approximate surface area is 142 Å². The van der Waals surface area contributed by atoms with Gasteiger partial charge in [0, 0.05) is 33.7 Å². The summed E-state index contributed by atoms with van der Waals surface area (Å²) in [5.41, 5.74) is 0. The molecule has 2 N–H and O–H groups in total. The number of rotatable bonds is 8. The van der Waals surface area contributed by atoms with Crippen molar-refractivity contribution in [2.24, 2.45) is 16.8 Å². The third-order valence-corrected chi connectivity index (χ3v) is 5.98. The predicted octanol–water partition coefficient (Wildman–Crippen LogP) is 1.65. The van der Waals surface area contributed by atoms with Gasteiger partial charge in [0.1, 0.15) is 0 Å². The fraction of sp³-hybridized carbons (Fsp3) is 0.938. The maximum absolute atomic E-state index is 11.3. The second-order valence-electron chi connectivity index (χ2n) is 6.63. The van der Waals surface area contributed by atoms with Crippen molar-refractivity contribution in [3.8, 4) is 0 Å². The number of sulfonamides is 1. The number of guanidine groups is 1. The molecule has 0 amide bonds. The third kappa shape index (κ3) is 8.01. The van der Waals surface area contributed by atoms with E-state index in [1.165, 1.54) is 25.7 Å². The summed E-state index contributed by atoms with van der Waals surface area (Å²) in [6, 6.07) is 0. The molecular formula is C16H34N4O2S. The molecule has 0 spiro atoms. The van der Waals surface area contributed by atoms with E-state index in [0.717, 1.165) is 30.8 Å². The van der Waals surface area contributed by atoms with Crippen LogP contribution < -0.4 is 10.0 Å². The Morgan fingerprint density at radius 2 is 1.87 bits per heavy atom. The van der Waals surface area contributed by atoms with E-state index < -0.39 is 10.0 Å². The second-order valence-corrected chi connectivity index (χ2v) is 8.73. The summed E-state index contributed by atoms with van der Waals surface area (Å²) in [4.78, 5) is 6.52. The first kappa shape index (κ1) is 20.2. The second kappa shape index (κ2) is 10.1. The van der Waals surface area contributed by atoms with Crippen LogP contribution in [-0.4, -0.2) is 58.8 Å². The molecule has 0 aromatic heterocycles. The molecule has 136 valence electrons. The zero-order chi connectivity index (χ0) is 17.3. The van der Waals surface area contributed by atoms with Crippen LogP contribution in [0.5, 0.6) is 0 Å². The summed E-state index contributed by atoms with van der Waals surface area (Å²) in [6.45, 7) is 6.20. The van der Waals surface area contributed by atoms with Crippen LogP contribution in [0.25, 0.3) is 0 Å². The lowest BCUT2D eigenvalue weighted by Gasteiger charge is -2.31. The molecule has 0 aromatic rings. The highest BCUT2D eigenvalue weighted by Crippen LogP contribution is 2.28. The Kier molecular flexibility index (Phi) is 8.91. The van der Waals surface area contributed by atoms with E-state index in [0.29, 0.717) is 13.1 Å². The van der Waals surface area contributed by atoms with Crippen LogP contribution in [0.2, 0.25) is 0 Å². The van der Waals surface area contributed by atoms with E-state index in [1.807, 2.05) is 0 Å². The average molecular weight is 347 g/mol. The van der Waals surface area contributed by atoms with Gasteiger partial charge in [-0.2, -0.15) is 0 Å². The van der Waals surface area contributed by atoms with E-state index in [-0.39, 0.29) is 5.75 Å². The summed E-state index contributed by atoms with van der Waals surface area (Å²) in [7, 11) is 0.786. The number of nitrogens with one attached hydrogen (secondary N) is 2. The molecule has 0 atom stereocenters. The highest BCUT2D eigenvalue weighted by molar-refractivity contribution is 7.89. The van der Waals surface area contributed by atoms with Gasteiger partial charge in [-0.25, -0.2) is 13.1 Å². The van der Waals surface area contributed by atoms with Gasteiger partial charge in [0.05, 0.1) is 5.75 Å². The van der Waals surface area contributed by atoms with Crippen molar-refractivity contribution in [2.45, 2.75) is 46.0 Å². The summed E-state index contributed by atoms with van der Waals surface area (Å²) in [5.74, 6) is 2.65. The zero-order valence-corrected chi connectivity index (χ0v) is 16.0. The molecule has 1 aliphatic carbocycles. The first-order chi connectivity index (χ1) is 10.9. The topological polar surface area (TPSA) is 73.8 Å². The van der Waals surface area contributed by atoms with Crippen LogP contribution in [0.15, 0.2) is 4.99 Å². The van der Waals surface area contributed by atoms with Gasteiger partial charge in [0.2, 0.25) is 10.0 Å². The highest BCUT2D eigenvalue weighted by atomic mass is 32.2. The minimum Gasteiger partial charge on any atom is -0.356 e. The van der Waals surface area contributed by atoms with Gasteiger partial charge < -0.3 is 10.2 Å². The minimum atomic E-state index is -3.08. The lowest BCUT2D eigenvalue weighted by molar-refractivity contribution is 0.250. The maximum Gasteiger partial charge on any atom is 0.211 e. The van der Waals surface area contributed by atoms with Crippen molar-refractivity contribution in [2.75, 3.05) is 39.5 Å². The van der Waals surface area contributed by atoms with Crippen molar-refractivity contribution in [3.63, 3.8) is 0 Å². The van der Waals surface area contributed by atoms with Crippen LogP contribution >= 0.6 is 0 Å². The van der Waals surface area contributed by atoms with Crippen LogP contribution in [0.4, 0.5) is 0 Å². The Bertz CT molecular complexity index is 457. The quantitative estimate of drug-likeness (QED) is 0.398. The molecule has 0 saturated heterocycles. The van der Waals surface area contributed by atoms with Crippen molar-refractivity contribution >= 4 is 16.0 Å². The van der Waals surface area contributed by atoms with E-state index >= 15 is 0 Å². The molecule has 0 aromatic carbocycles. The van der Waals surface area contributed by atoms with Gasteiger partial charge in [0.15, 0.2) is 5.96 Å². The zero-order valence-electron chi connectivity index (χ0n) is 15.1. The smallest absolute Gasteiger partial charge is 0.211 e. The molecule has 7 heteroatoms. The Balaban J connectivity index is 2.25. The molecule has 1 fully saturated rings. The van der Waals surface area contributed by atoms with Gasteiger partial charge in [-0.3, -0.25) is 4.99 Å². The fourth-order valence-electron chi connectivity index (χ4n) is 2.99.